The normalized spacial score (nSPS) is 16.1. The average molecular weight is 339 g/mol. The monoisotopic (exact) mass is 338 g/mol. The Morgan fingerprint density at radius 2 is 2.22 bits per heavy atom. The van der Waals surface area contributed by atoms with Crippen molar-refractivity contribution in [1.82, 2.24) is 15.5 Å². The van der Waals surface area contributed by atoms with Gasteiger partial charge in [0.05, 0.1) is 12.6 Å². The molecule has 1 aliphatic carbocycles. The van der Waals surface area contributed by atoms with E-state index >= 15 is 0 Å². The Balaban J connectivity index is 0.00000192. The first kappa shape index (κ1) is 17.2. The number of aromatic nitrogens is 2. The zero-order valence-corrected chi connectivity index (χ0v) is 13.7. The van der Waals surface area contributed by atoms with Crippen LogP contribution in [0.25, 0.3) is 11.4 Å². The molecule has 23 heavy (non-hydrogen) atoms. The molecule has 1 aromatic carbocycles. The predicted octanol–water partition coefficient (Wildman–Crippen LogP) is 1.84. The van der Waals surface area contributed by atoms with E-state index in [-0.39, 0.29) is 24.4 Å². The van der Waals surface area contributed by atoms with Crippen molar-refractivity contribution in [3.8, 4) is 17.1 Å². The van der Waals surface area contributed by atoms with E-state index in [4.69, 9.17) is 15.0 Å². The van der Waals surface area contributed by atoms with Gasteiger partial charge >= 0.3 is 0 Å². The second kappa shape index (κ2) is 6.55. The van der Waals surface area contributed by atoms with E-state index in [9.17, 15) is 4.79 Å². The number of nitrogens with zero attached hydrogens (tertiary/aromatic N) is 2. The van der Waals surface area contributed by atoms with Crippen molar-refractivity contribution in [2.45, 2.75) is 31.3 Å². The van der Waals surface area contributed by atoms with Crippen molar-refractivity contribution < 1.29 is 14.1 Å². The molecule has 0 saturated heterocycles. The van der Waals surface area contributed by atoms with E-state index < -0.39 is 5.54 Å². The lowest BCUT2D eigenvalue weighted by Crippen LogP contribution is -2.43. The number of nitrogens with one attached hydrogen (secondary N) is 1. The van der Waals surface area contributed by atoms with Crippen molar-refractivity contribution in [3.63, 3.8) is 0 Å². The van der Waals surface area contributed by atoms with Crippen LogP contribution in [0.2, 0.25) is 0 Å². The van der Waals surface area contributed by atoms with Crippen LogP contribution in [0.15, 0.2) is 28.8 Å². The summed E-state index contributed by atoms with van der Waals surface area (Å²) in [6.07, 6.45) is 1.43. The lowest BCUT2D eigenvalue weighted by atomic mass is 10.2. The molecule has 1 saturated carbocycles. The maximum Gasteiger partial charge on any atom is 0.249 e. The molecule has 0 spiro atoms. The van der Waals surface area contributed by atoms with Crippen LogP contribution in [0.1, 0.15) is 31.7 Å². The smallest absolute Gasteiger partial charge is 0.249 e. The fourth-order valence-electron chi connectivity index (χ4n) is 2.05. The van der Waals surface area contributed by atoms with Gasteiger partial charge in [-0.1, -0.05) is 17.3 Å². The van der Waals surface area contributed by atoms with Crippen molar-refractivity contribution in [2.75, 3.05) is 7.11 Å². The Morgan fingerprint density at radius 1 is 1.48 bits per heavy atom. The van der Waals surface area contributed by atoms with Crippen LogP contribution in [-0.4, -0.2) is 28.7 Å². The molecule has 1 atom stereocenters. The number of hydrogen-bond acceptors (Lipinski definition) is 6. The Kier molecular flexibility index (Phi) is 4.91. The van der Waals surface area contributed by atoms with E-state index in [0.29, 0.717) is 30.3 Å². The molecule has 8 heteroatoms. The fraction of sp³-hybridized carbons (Fsp3) is 0.400. The largest absolute Gasteiger partial charge is 0.497 e. The highest BCUT2D eigenvalue weighted by atomic mass is 35.5. The highest BCUT2D eigenvalue weighted by Gasteiger charge is 2.46. The van der Waals surface area contributed by atoms with Crippen molar-refractivity contribution in [1.29, 1.82) is 0 Å². The molecular formula is C15H19ClN4O3. The molecule has 1 aromatic heterocycles. The van der Waals surface area contributed by atoms with E-state index in [1.807, 2.05) is 24.3 Å². The van der Waals surface area contributed by atoms with Crippen LogP contribution < -0.4 is 15.8 Å². The lowest BCUT2D eigenvalue weighted by Gasteiger charge is -2.13. The number of halogens is 1. The van der Waals surface area contributed by atoms with Gasteiger partial charge in [0.15, 0.2) is 0 Å². The molecule has 0 aliphatic heterocycles. The average Bonchev–Trinajstić information content (AvgIpc) is 3.10. The van der Waals surface area contributed by atoms with Gasteiger partial charge in [-0.2, -0.15) is 4.98 Å². The first-order valence-electron chi connectivity index (χ1n) is 7.10. The molecule has 0 bridgehead atoms. The Labute approximate surface area is 140 Å². The van der Waals surface area contributed by atoms with Crippen LogP contribution in [0.5, 0.6) is 5.75 Å². The van der Waals surface area contributed by atoms with Gasteiger partial charge in [-0.15, -0.1) is 12.4 Å². The number of methoxy groups -OCH3 is 1. The Morgan fingerprint density at radius 3 is 2.87 bits per heavy atom. The third kappa shape index (κ3) is 3.62. The van der Waals surface area contributed by atoms with Crippen LogP contribution in [0.4, 0.5) is 0 Å². The minimum Gasteiger partial charge on any atom is -0.497 e. The van der Waals surface area contributed by atoms with Crippen molar-refractivity contribution in [3.05, 3.63) is 30.2 Å². The number of nitrogens with two attached hydrogens (primary N) is 1. The Hall–Kier alpha value is -2.12. The summed E-state index contributed by atoms with van der Waals surface area (Å²) in [5.41, 5.74) is 5.92. The highest BCUT2D eigenvalue weighted by molar-refractivity contribution is 5.89. The minimum absolute atomic E-state index is 0. The summed E-state index contributed by atoms with van der Waals surface area (Å²) >= 11 is 0. The van der Waals surface area contributed by atoms with Gasteiger partial charge in [-0.25, -0.2) is 0 Å². The summed E-state index contributed by atoms with van der Waals surface area (Å²) in [6, 6.07) is 6.97. The van der Waals surface area contributed by atoms with E-state index in [0.717, 1.165) is 5.56 Å². The zero-order chi connectivity index (χ0) is 15.7. The second-order valence-electron chi connectivity index (χ2n) is 5.54. The molecule has 3 rings (SSSR count). The molecule has 2 aromatic rings. The third-order valence-corrected chi connectivity index (χ3v) is 3.73. The van der Waals surface area contributed by atoms with Gasteiger partial charge in [0.1, 0.15) is 11.8 Å². The first-order chi connectivity index (χ1) is 10.5. The Bertz CT molecular complexity index is 700. The second-order valence-corrected chi connectivity index (χ2v) is 5.54. The van der Waals surface area contributed by atoms with E-state index in [1.54, 1.807) is 14.0 Å². The molecule has 1 aliphatic rings. The number of carbonyl (C=O) groups excluding carboxylic acids is 1. The SMILES string of the molecule is COc1cccc(-c2noc(C(C)NC(=O)C3(N)CC3)n2)c1.Cl. The predicted molar refractivity (Wildman–Crippen MR) is 86.2 cm³/mol. The fourth-order valence-corrected chi connectivity index (χ4v) is 2.05. The summed E-state index contributed by atoms with van der Waals surface area (Å²) in [7, 11) is 1.60. The quantitative estimate of drug-likeness (QED) is 0.862. The van der Waals surface area contributed by atoms with Gasteiger partial charge in [-0.3, -0.25) is 4.79 Å². The third-order valence-electron chi connectivity index (χ3n) is 3.73. The number of ether oxygens (including phenoxy) is 1. The summed E-state index contributed by atoms with van der Waals surface area (Å²) < 4.78 is 10.4. The van der Waals surface area contributed by atoms with Gasteiger partial charge in [0.25, 0.3) is 0 Å². The topological polar surface area (TPSA) is 103 Å². The summed E-state index contributed by atoms with van der Waals surface area (Å²) in [5.74, 6) is 1.32. The van der Waals surface area contributed by atoms with Crippen molar-refractivity contribution >= 4 is 18.3 Å². The van der Waals surface area contributed by atoms with Crippen LogP contribution in [0.3, 0.4) is 0 Å². The first-order valence-corrected chi connectivity index (χ1v) is 7.10. The van der Waals surface area contributed by atoms with Gasteiger partial charge in [0.2, 0.25) is 17.6 Å². The van der Waals surface area contributed by atoms with Gasteiger partial charge in [0, 0.05) is 5.56 Å². The molecule has 7 nitrogen and oxygen atoms in total. The number of amides is 1. The number of benzene rings is 1. The molecule has 124 valence electrons. The molecule has 0 radical (unpaired) electrons. The summed E-state index contributed by atoms with van der Waals surface area (Å²) in [6.45, 7) is 1.78. The van der Waals surface area contributed by atoms with Crippen molar-refractivity contribution in [2.24, 2.45) is 5.73 Å². The number of hydrogen-bond donors (Lipinski definition) is 2. The van der Waals surface area contributed by atoms with Crippen LogP contribution in [-0.2, 0) is 4.79 Å². The van der Waals surface area contributed by atoms with Crippen LogP contribution in [0, 0.1) is 0 Å². The standard InChI is InChI=1S/C15H18N4O3.ClH/c1-9(17-14(20)15(16)6-7-15)13-18-12(19-22-13)10-4-3-5-11(8-10)21-2;/h3-5,8-9H,6-7,16H2,1-2H3,(H,17,20);1H. The van der Waals surface area contributed by atoms with Gasteiger partial charge in [-0.05, 0) is 31.9 Å². The molecular weight excluding hydrogens is 320 g/mol. The maximum atomic E-state index is 11.9. The maximum absolute atomic E-state index is 11.9. The zero-order valence-electron chi connectivity index (χ0n) is 12.9. The van der Waals surface area contributed by atoms with E-state index in [2.05, 4.69) is 15.5 Å². The van der Waals surface area contributed by atoms with E-state index in [1.165, 1.54) is 0 Å². The molecule has 3 N–H and O–H groups in total. The number of carbonyl (C=O) groups is 1. The molecule has 1 unspecified atom stereocenters. The molecule has 1 fully saturated rings. The summed E-state index contributed by atoms with van der Waals surface area (Å²) in [4.78, 5) is 16.3. The lowest BCUT2D eigenvalue weighted by molar-refractivity contribution is -0.124. The van der Waals surface area contributed by atoms with Gasteiger partial charge < -0.3 is 20.3 Å². The highest BCUT2D eigenvalue weighted by Crippen LogP contribution is 2.33. The molecule has 1 amide bonds. The number of rotatable bonds is 5. The minimum atomic E-state index is -0.718. The molecule has 1 heterocycles. The summed E-state index contributed by atoms with van der Waals surface area (Å²) in [5, 5.41) is 6.74. The van der Waals surface area contributed by atoms with Crippen LogP contribution >= 0.6 is 12.4 Å².